The lowest BCUT2D eigenvalue weighted by Gasteiger charge is -2.11. The molecule has 0 saturated heterocycles. The second kappa shape index (κ2) is 7.80. The maximum atomic E-state index is 12.6. The lowest BCUT2D eigenvalue weighted by Crippen LogP contribution is -2.07. The van der Waals surface area contributed by atoms with Gasteiger partial charge in [-0.15, -0.1) is 0 Å². The van der Waals surface area contributed by atoms with Crippen LogP contribution in [0.15, 0.2) is 66.7 Å². The highest BCUT2D eigenvalue weighted by Crippen LogP contribution is 2.24. The standard InChI is InChI=1S/C24H23N3O2/c1-27(2)19-9-5-18(6-10-19)24-25-21-13-4-16(14-22(21)26-24)15-23(28)17-7-11-20(29-3)12-8-17/h4-14H,15H2,1-3H3,(H,25,26). The van der Waals surface area contributed by atoms with E-state index in [4.69, 9.17) is 4.74 Å². The zero-order chi connectivity index (χ0) is 20.4. The minimum atomic E-state index is 0.0750. The lowest BCUT2D eigenvalue weighted by atomic mass is 10.0. The number of anilines is 1. The Morgan fingerprint density at radius 1 is 1.00 bits per heavy atom. The van der Waals surface area contributed by atoms with Crippen LogP contribution in [0.3, 0.4) is 0 Å². The van der Waals surface area contributed by atoms with E-state index in [2.05, 4.69) is 39.1 Å². The topological polar surface area (TPSA) is 58.2 Å². The van der Waals surface area contributed by atoms with Crippen LogP contribution in [0.5, 0.6) is 5.75 Å². The molecule has 0 fully saturated rings. The SMILES string of the molecule is COc1ccc(C(=O)Cc2ccc3nc(-c4ccc(N(C)C)cc4)[nH]c3c2)cc1. The third-order valence-corrected chi connectivity index (χ3v) is 4.98. The number of benzene rings is 3. The number of aromatic nitrogens is 2. The molecule has 0 aliphatic carbocycles. The smallest absolute Gasteiger partial charge is 0.167 e. The fourth-order valence-electron chi connectivity index (χ4n) is 3.29. The van der Waals surface area contributed by atoms with Gasteiger partial charge >= 0.3 is 0 Å². The van der Waals surface area contributed by atoms with Gasteiger partial charge in [-0.05, 0) is 66.2 Å². The highest BCUT2D eigenvalue weighted by Gasteiger charge is 2.10. The number of nitrogens with zero attached hydrogens (tertiary/aromatic N) is 2. The van der Waals surface area contributed by atoms with Crippen molar-refractivity contribution in [1.29, 1.82) is 0 Å². The van der Waals surface area contributed by atoms with Crippen LogP contribution >= 0.6 is 0 Å². The molecule has 29 heavy (non-hydrogen) atoms. The number of ketones is 1. The summed E-state index contributed by atoms with van der Waals surface area (Å²) in [5, 5.41) is 0. The van der Waals surface area contributed by atoms with E-state index in [9.17, 15) is 4.79 Å². The van der Waals surface area contributed by atoms with Crippen LogP contribution in [0.25, 0.3) is 22.4 Å². The summed E-state index contributed by atoms with van der Waals surface area (Å²) < 4.78 is 5.15. The third-order valence-electron chi connectivity index (χ3n) is 4.98. The van der Waals surface area contributed by atoms with Gasteiger partial charge in [-0.25, -0.2) is 4.98 Å². The molecule has 0 unspecified atom stereocenters. The molecule has 5 nitrogen and oxygen atoms in total. The molecule has 4 aromatic rings. The van der Waals surface area contributed by atoms with E-state index in [1.54, 1.807) is 31.4 Å². The van der Waals surface area contributed by atoms with Crippen molar-refractivity contribution in [1.82, 2.24) is 9.97 Å². The molecule has 1 aromatic heterocycles. The Kier molecular flexibility index (Phi) is 5.04. The van der Waals surface area contributed by atoms with Crippen LogP contribution in [-0.4, -0.2) is 37.0 Å². The summed E-state index contributed by atoms with van der Waals surface area (Å²) >= 11 is 0. The van der Waals surface area contributed by atoms with E-state index in [-0.39, 0.29) is 5.78 Å². The monoisotopic (exact) mass is 385 g/mol. The van der Waals surface area contributed by atoms with Crippen molar-refractivity contribution in [3.63, 3.8) is 0 Å². The first-order valence-electron chi connectivity index (χ1n) is 9.47. The molecule has 3 aromatic carbocycles. The molecule has 0 atom stereocenters. The van der Waals surface area contributed by atoms with Crippen LogP contribution < -0.4 is 9.64 Å². The summed E-state index contributed by atoms with van der Waals surface area (Å²) in [4.78, 5) is 22.7. The Morgan fingerprint density at radius 3 is 2.38 bits per heavy atom. The van der Waals surface area contributed by atoms with Gasteiger partial charge in [0.2, 0.25) is 0 Å². The van der Waals surface area contributed by atoms with Gasteiger partial charge in [-0.3, -0.25) is 4.79 Å². The molecule has 0 spiro atoms. The summed E-state index contributed by atoms with van der Waals surface area (Å²) in [6, 6.07) is 21.4. The number of rotatable bonds is 6. The molecular weight excluding hydrogens is 362 g/mol. The van der Waals surface area contributed by atoms with Gasteiger partial charge in [-0.1, -0.05) is 6.07 Å². The first-order chi connectivity index (χ1) is 14.0. The number of ether oxygens (including phenoxy) is 1. The third kappa shape index (κ3) is 3.99. The second-order valence-electron chi connectivity index (χ2n) is 7.21. The van der Waals surface area contributed by atoms with Crippen LogP contribution in [0, 0.1) is 0 Å². The van der Waals surface area contributed by atoms with Gasteiger partial charge in [-0.2, -0.15) is 0 Å². The number of imidazole rings is 1. The molecule has 4 rings (SSSR count). The fraction of sp³-hybridized carbons (Fsp3) is 0.167. The normalized spacial score (nSPS) is 10.9. The van der Waals surface area contributed by atoms with Gasteiger partial charge in [0, 0.05) is 37.3 Å². The molecule has 0 amide bonds. The zero-order valence-corrected chi connectivity index (χ0v) is 16.8. The van der Waals surface area contributed by atoms with E-state index in [1.165, 1.54) is 0 Å². The highest BCUT2D eigenvalue weighted by molar-refractivity contribution is 5.98. The van der Waals surface area contributed by atoms with Crippen molar-refractivity contribution in [3.05, 3.63) is 77.9 Å². The van der Waals surface area contributed by atoms with E-state index >= 15 is 0 Å². The Hall–Kier alpha value is -3.60. The Balaban J connectivity index is 1.55. The van der Waals surface area contributed by atoms with Crippen LogP contribution in [0.1, 0.15) is 15.9 Å². The minimum Gasteiger partial charge on any atom is -0.497 e. The van der Waals surface area contributed by atoms with Crippen LogP contribution in [0.2, 0.25) is 0 Å². The van der Waals surface area contributed by atoms with Crippen molar-refractivity contribution in [2.75, 3.05) is 26.1 Å². The number of H-pyrrole nitrogens is 1. The average Bonchev–Trinajstić information content (AvgIpc) is 3.17. The maximum Gasteiger partial charge on any atom is 0.167 e. The van der Waals surface area contributed by atoms with E-state index in [0.29, 0.717) is 12.0 Å². The largest absolute Gasteiger partial charge is 0.497 e. The Bertz CT molecular complexity index is 1140. The lowest BCUT2D eigenvalue weighted by molar-refractivity contribution is 0.0993. The minimum absolute atomic E-state index is 0.0750. The number of carbonyl (C=O) groups is 1. The van der Waals surface area contributed by atoms with Crippen molar-refractivity contribution >= 4 is 22.5 Å². The summed E-state index contributed by atoms with van der Waals surface area (Å²) in [5.41, 5.74) is 5.62. The molecule has 0 aliphatic rings. The number of hydrogen-bond acceptors (Lipinski definition) is 4. The maximum absolute atomic E-state index is 12.6. The van der Waals surface area contributed by atoms with Crippen LogP contribution in [0.4, 0.5) is 5.69 Å². The van der Waals surface area contributed by atoms with Gasteiger partial charge in [0.1, 0.15) is 11.6 Å². The number of fused-ring (bicyclic) bond motifs is 1. The number of nitrogens with one attached hydrogen (secondary N) is 1. The Morgan fingerprint density at radius 2 is 1.72 bits per heavy atom. The average molecular weight is 385 g/mol. The van der Waals surface area contributed by atoms with Crippen LogP contribution in [-0.2, 0) is 6.42 Å². The molecule has 0 radical (unpaired) electrons. The quantitative estimate of drug-likeness (QED) is 0.488. The summed E-state index contributed by atoms with van der Waals surface area (Å²) in [6.07, 6.45) is 0.341. The van der Waals surface area contributed by atoms with E-state index in [1.807, 2.05) is 32.3 Å². The molecule has 1 N–H and O–H groups in total. The summed E-state index contributed by atoms with van der Waals surface area (Å²) in [5.74, 6) is 1.64. The molecule has 0 saturated carbocycles. The molecule has 0 aliphatic heterocycles. The number of Topliss-reactive ketones (excluding diaryl/α,β-unsaturated/α-hetero) is 1. The van der Waals surface area contributed by atoms with E-state index < -0.39 is 0 Å². The number of carbonyl (C=O) groups excluding carboxylic acids is 1. The van der Waals surface area contributed by atoms with Crippen molar-refractivity contribution in [2.45, 2.75) is 6.42 Å². The zero-order valence-electron chi connectivity index (χ0n) is 16.8. The van der Waals surface area contributed by atoms with Crippen molar-refractivity contribution < 1.29 is 9.53 Å². The molecule has 5 heteroatoms. The summed E-state index contributed by atoms with van der Waals surface area (Å²) in [6.45, 7) is 0. The molecular formula is C24H23N3O2. The van der Waals surface area contributed by atoms with Crippen molar-refractivity contribution in [2.24, 2.45) is 0 Å². The number of hydrogen-bond donors (Lipinski definition) is 1. The van der Waals surface area contributed by atoms with Crippen molar-refractivity contribution in [3.8, 4) is 17.1 Å². The second-order valence-corrected chi connectivity index (χ2v) is 7.21. The number of methoxy groups -OCH3 is 1. The molecule has 1 heterocycles. The predicted octanol–water partition coefficient (Wildman–Crippen LogP) is 4.73. The highest BCUT2D eigenvalue weighted by atomic mass is 16.5. The fourth-order valence-corrected chi connectivity index (χ4v) is 3.29. The van der Waals surface area contributed by atoms with Gasteiger partial charge < -0.3 is 14.6 Å². The van der Waals surface area contributed by atoms with Gasteiger partial charge in [0.25, 0.3) is 0 Å². The molecule has 146 valence electrons. The first kappa shape index (κ1) is 18.7. The van der Waals surface area contributed by atoms with Gasteiger partial charge in [0.15, 0.2) is 5.78 Å². The summed E-state index contributed by atoms with van der Waals surface area (Å²) in [7, 11) is 5.65. The Labute approximate surface area is 170 Å². The first-order valence-corrected chi connectivity index (χ1v) is 9.47. The van der Waals surface area contributed by atoms with E-state index in [0.717, 1.165) is 39.4 Å². The molecule has 0 bridgehead atoms. The number of aromatic amines is 1. The predicted molar refractivity (Wildman–Crippen MR) is 117 cm³/mol. The van der Waals surface area contributed by atoms with Gasteiger partial charge in [0.05, 0.1) is 18.1 Å².